The van der Waals surface area contributed by atoms with E-state index in [4.69, 9.17) is 4.42 Å². The number of carbonyl (C=O) groups is 1. The molecule has 0 bridgehead atoms. The molecule has 2 aliphatic carbocycles. The predicted molar refractivity (Wildman–Crippen MR) is 86.4 cm³/mol. The Labute approximate surface area is 140 Å². The van der Waals surface area contributed by atoms with Crippen molar-refractivity contribution in [2.75, 3.05) is 13.1 Å². The van der Waals surface area contributed by atoms with Crippen molar-refractivity contribution in [1.82, 2.24) is 19.7 Å². The van der Waals surface area contributed by atoms with Gasteiger partial charge < -0.3 is 13.9 Å². The van der Waals surface area contributed by atoms with Gasteiger partial charge in [0.15, 0.2) is 5.76 Å². The molecule has 1 atom stereocenters. The monoisotopic (exact) mass is 326 g/mol. The number of hydrogen-bond donors (Lipinski definition) is 0. The number of aromatic nitrogens is 3. The molecule has 1 unspecified atom stereocenters. The number of hydrogen-bond acceptors (Lipinski definition) is 4. The van der Waals surface area contributed by atoms with Crippen molar-refractivity contribution in [1.29, 1.82) is 0 Å². The molecule has 0 N–H and O–H groups in total. The van der Waals surface area contributed by atoms with Crippen molar-refractivity contribution in [3.63, 3.8) is 0 Å². The van der Waals surface area contributed by atoms with E-state index in [0.717, 1.165) is 31.4 Å². The minimum absolute atomic E-state index is 0.00188. The third-order valence-corrected chi connectivity index (χ3v) is 6.13. The Balaban J connectivity index is 1.43. The summed E-state index contributed by atoms with van der Waals surface area (Å²) in [5.41, 5.74) is 0.191. The molecular formula is C18H22N4O2. The summed E-state index contributed by atoms with van der Waals surface area (Å²) in [7, 11) is 0. The summed E-state index contributed by atoms with van der Waals surface area (Å²) < 4.78 is 7.55. The van der Waals surface area contributed by atoms with E-state index in [1.807, 2.05) is 11.2 Å². The third-order valence-electron chi connectivity index (χ3n) is 6.13. The minimum Gasteiger partial charge on any atom is -0.459 e. The maximum atomic E-state index is 12.7. The van der Waals surface area contributed by atoms with Crippen LogP contribution in [-0.2, 0) is 6.54 Å². The first-order chi connectivity index (χ1) is 11.8. The Kier molecular flexibility index (Phi) is 3.08. The third kappa shape index (κ3) is 2.19. The van der Waals surface area contributed by atoms with E-state index >= 15 is 0 Å². The van der Waals surface area contributed by atoms with Crippen molar-refractivity contribution in [2.45, 2.75) is 44.6 Å². The summed E-state index contributed by atoms with van der Waals surface area (Å²) in [6, 6.07) is 3.52. The molecular weight excluding hydrogens is 304 g/mol. The lowest BCUT2D eigenvalue weighted by Gasteiger charge is -2.42. The van der Waals surface area contributed by atoms with Gasteiger partial charge in [-0.15, -0.1) is 10.2 Å². The fourth-order valence-electron chi connectivity index (χ4n) is 4.43. The van der Waals surface area contributed by atoms with Gasteiger partial charge in [-0.05, 0) is 49.1 Å². The molecule has 6 heteroatoms. The Bertz CT molecular complexity index is 743. The molecule has 3 aliphatic rings. The molecule has 0 aromatic carbocycles. The molecule has 2 saturated carbocycles. The highest BCUT2D eigenvalue weighted by Crippen LogP contribution is 2.55. The van der Waals surface area contributed by atoms with E-state index in [9.17, 15) is 4.79 Å². The smallest absolute Gasteiger partial charge is 0.289 e. The standard InChI is InChI=1S/C18H22N4O2/c23-17(15-3-1-8-24-15)21-10-14(18(11-21)6-2-7-18)16-20-19-12-22(16)9-13-4-5-13/h1,3,8,12-14H,2,4-7,9-11H2. The van der Waals surface area contributed by atoms with Gasteiger partial charge in [0, 0.05) is 25.6 Å². The number of rotatable bonds is 4. The lowest BCUT2D eigenvalue weighted by Crippen LogP contribution is -2.38. The highest BCUT2D eigenvalue weighted by Gasteiger charge is 2.54. The van der Waals surface area contributed by atoms with Crippen molar-refractivity contribution in [2.24, 2.45) is 11.3 Å². The van der Waals surface area contributed by atoms with Gasteiger partial charge >= 0.3 is 0 Å². The molecule has 1 saturated heterocycles. The Morgan fingerprint density at radius 1 is 1.38 bits per heavy atom. The SMILES string of the molecule is O=C(c1ccco1)N1CC(c2nncn2CC2CC2)C2(CCC2)C1. The van der Waals surface area contributed by atoms with Crippen LogP contribution in [0.4, 0.5) is 0 Å². The molecule has 24 heavy (non-hydrogen) atoms. The normalized spacial score (nSPS) is 25.2. The second kappa shape index (κ2) is 5.19. The van der Waals surface area contributed by atoms with E-state index in [-0.39, 0.29) is 11.3 Å². The molecule has 126 valence electrons. The lowest BCUT2D eigenvalue weighted by atomic mass is 9.62. The molecule has 0 radical (unpaired) electrons. The van der Waals surface area contributed by atoms with Crippen molar-refractivity contribution in [3.8, 4) is 0 Å². The Morgan fingerprint density at radius 3 is 2.92 bits per heavy atom. The molecule has 5 rings (SSSR count). The van der Waals surface area contributed by atoms with Crippen LogP contribution in [0.3, 0.4) is 0 Å². The van der Waals surface area contributed by atoms with Gasteiger partial charge in [-0.1, -0.05) is 6.42 Å². The topological polar surface area (TPSA) is 64.2 Å². The molecule has 2 aromatic heterocycles. The Hall–Kier alpha value is -2.11. The highest BCUT2D eigenvalue weighted by molar-refractivity contribution is 5.91. The summed E-state index contributed by atoms with van der Waals surface area (Å²) >= 11 is 0. The van der Waals surface area contributed by atoms with Crippen LogP contribution in [0.5, 0.6) is 0 Å². The quantitative estimate of drug-likeness (QED) is 0.866. The van der Waals surface area contributed by atoms with Crippen LogP contribution in [0, 0.1) is 11.3 Å². The lowest BCUT2D eigenvalue weighted by molar-refractivity contribution is 0.0694. The van der Waals surface area contributed by atoms with Crippen LogP contribution in [0.25, 0.3) is 0 Å². The van der Waals surface area contributed by atoms with Gasteiger partial charge in [0.25, 0.3) is 5.91 Å². The summed E-state index contributed by atoms with van der Waals surface area (Å²) in [5.74, 6) is 2.61. The van der Waals surface area contributed by atoms with Crippen molar-refractivity contribution >= 4 is 5.91 Å². The second-order valence-electron chi connectivity index (χ2n) is 7.72. The van der Waals surface area contributed by atoms with Gasteiger partial charge in [0.05, 0.1) is 6.26 Å². The van der Waals surface area contributed by atoms with Crippen LogP contribution < -0.4 is 0 Å². The molecule has 3 fully saturated rings. The average Bonchev–Trinajstić information content (AvgIpc) is 3.00. The van der Waals surface area contributed by atoms with Crippen LogP contribution in [0.1, 0.15) is 54.4 Å². The van der Waals surface area contributed by atoms with Crippen LogP contribution in [-0.4, -0.2) is 38.7 Å². The molecule has 1 amide bonds. The van der Waals surface area contributed by atoms with E-state index < -0.39 is 0 Å². The molecule has 1 aliphatic heterocycles. The van der Waals surface area contributed by atoms with Crippen LogP contribution in [0.15, 0.2) is 29.1 Å². The molecule has 1 spiro atoms. The summed E-state index contributed by atoms with van der Waals surface area (Å²) in [4.78, 5) is 14.7. The first kappa shape index (κ1) is 14.3. The number of furan rings is 1. The zero-order chi connectivity index (χ0) is 16.1. The van der Waals surface area contributed by atoms with Gasteiger partial charge in [-0.25, -0.2) is 0 Å². The van der Waals surface area contributed by atoms with Crippen molar-refractivity contribution in [3.05, 3.63) is 36.3 Å². The van der Waals surface area contributed by atoms with Crippen LogP contribution in [0.2, 0.25) is 0 Å². The summed E-state index contributed by atoms with van der Waals surface area (Å²) in [6.07, 6.45) is 9.66. The predicted octanol–water partition coefficient (Wildman–Crippen LogP) is 2.69. The van der Waals surface area contributed by atoms with Gasteiger partial charge in [-0.2, -0.15) is 0 Å². The van der Waals surface area contributed by atoms with E-state index in [0.29, 0.717) is 11.7 Å². The van der Waals surface area contributed by atoms with Gasteiger partial charge in [-0.3, -0.25) is 4.79 Å². The van der Waals surface area contributed by atoms with E-state index in [1.54, 1.807) is 18.4 Å². The maximum absolute atomic E-state index is 12.7. The number of amides is 1. The molecule has 3 heterocycles. The summed E-state index contributed by atoms with van der Waals surface area (Å²) in [6.45, 7) is 2.57. The van der Waals surface area contributed by atoms with E-state index in [2.05, 4.69) is 14.8 Å². The molecule has 6 nitrogen and oxygen atoms in total. The fourth-order valence-corrected chi connectivity index (χ4v) is 4.43. The van der Waals surface area contributed by atoms with Crippen molar-refractivity contribution < 1.29 is 9.21 Å². The number of carbonyl (C=O) groups excluding carboxylic acids is 1. The maximum Gasteiger partial charge on any atom is 0.289 e. The molecule has 2 aromatic rings. The second-order valence-corrected chi connectivity index (χ2v) is 7.72. The van der Waals surface area contributed by atoms with Gasteiger partial charge in [0.1, 0.15) is 12.2 Å². The van der Waals surface area contributed by atoms with Crippen LogP contribution >= 0.6 is 0 Å². The first-order valence-corrected chi connectivity index (χ1v) is 8.96. The Morgan fingerprint density at radius 2 is 2.25 bits per heavy atom. The van der Waals surface area contributed by atoms with Gasteiger partial charge in [0.2, 0.25) is 0 Å². The highest BCUT2D eigenvalue weighted by atomic mass is 16.3. The first-order valence-electron chi connectivity index (χ1n) is 8.96. The largest absolute Gasteiger partial charge is 0.459 e. The minimum atomic E-state index is 0.00188. The fraction of sp³-hybridized carbons (Fsp3) is 0.611. The van der Waals surface area contributed by atoms with E-state index in [1.165, 1.54) is 32.1 Å². The number of likely N-dealkylation sites (tertiary alicyclic amines) is 1. The zero-order valence-electron chi connectivity index (χ0n) is 13.7. The number of nitrogens with zero attached hydrogens (tertiary/aromatic N) is 4. The zero-order valence-corrected chi connectivity index (χ0v) is 13.7. The average molecular weight is 326 g/mol. The summed E-state index contributed by atoms with van der Waals surface area (Å²) in [5, 5.41) is 8.65.